The number of halogens is 4. The fraction of sp³-hybridized carbons (Fsp3) is 0.154. The number of alkyl halides is 2. The summed E-state index contributed by atoms with van der Waals surface area (Å²) in [7, 11) is -1.36. The highest BCUT2D eigenvalue weighted by atomic mass is 79.9. The zero-order valence-corrected chi connectivity index (χ0v) is 15.3. The van der Waals surface area contributed by atoms with Crippen LogP contribution in [0.5, 0.6) is 5.75 Å². The van der Waals surface area contributed by atoms with Gasteiger partial charge in [0.05, 0.1) is 10.2 Å². The van der Waals surface area contributed by atoms with E-state index in [1.807, 2.05) is 0 Å². The maximum Gasteiger partial charge on any atom is 0.387 e. The van der Waals surface area contributed by atoms with Crippen molar-refractivity contribution in [2.45, 2.75) is 6.61 Å². The van der Waals surface area contributed by atoms with Crippen molar-refractivity contribution in [3.63, 3.8) is 0 Å². The lowest BCUT2D eigenvalue weighted by atomic mass is 10.3. The Labute approximate surface area is 150 Å². The largest absolute Gasteiger partial charge is 0.434 e. The Morgan fingerprint density at radius 2 is 2.12 bits per heavy atom. The summed E-state index contributed by atoms with van der Waals surface area (Å²) in [5.41, 5.74) is -0.267. The summed E-state index contributed by atoms with van der Waals surface area (Å²) in [6.07, 6.45) is 0. The molecule has 0 aliphatic rings. The summed E-state index contributed by atoms with van der Waals surface area (Å²) in [4.78, 5) is 14.4. The van der Waals surface area contributed by atoms with Gasteiger partial charge in [-0.05, 0) is 40.8 Å². The topological polar surface area (TPSA) is 77.3 Å². The van der Waals surface area contributed by atoms with E-state index >= 15 is 0 Å². The third-order valence-corrected chi connectivity index (χ3v) is 5.67. The number of anilines is 1. The average molecular weight is 441 g/mol. The number of aromatic nitrogens is 1. The maximum atomic E-state index is 12.6. The number of nitrogens with one attached hydrogen (secondary N) is 1. The molecule has 2 aromatic rings. The van der Waals surface area contributed by atoms with Gasteiger partial charge in [0, 0.05) is 18.6 Å². The molecule has 0 spiro atoms. The van der Waals surface area contributed by atoms with Crippen molar-refractivity contribution in [2.75, 3.05) is 11.8 Å². The van der Waals surface area contributed by atoms with Crippen molar-refractivity contribution < 1.29 is 18.4 Å². The van der Waals surface area contributed by atoms with Gasteiger partial charge in [0.25, 0.3) is 0 Å². The minimum absolute atomic E-state index is 0.0230. The van der Waals surface area contributed by atoms with Crippen molar-refractivity contribution in [1.82, 2.24) is 4.98 Å². The van der Waals surface area contributed by atoms with Crippen molar-refractivity contribution in [1.29, 1.82) is 0 Å². The Bertz CT molecular complexity index is 769. The Balaban J connectivity index is 2.39. The molecule has 128 valence electrons. The summed E-state index contributed by atoms with van der Waals surface area (Å²) < 4.78 is 30.2. The van der Waals surface area contributed by atoms with Crippen molar-refractivity contribution >= 4 is 52.4 Å². The standard InChI is InChI=1S/C13H10BrClF2N3O3P/c1-24(11-7(14)3-2-4-9(11)23-13(16)17)19-12-8(20(21)22)5-6-10(15)18-12/h2-6,13H,1H3,(H,18,19). The van der Waals surface area contributed by atoms with Crippen LogP contribution in [-0.2, 0) is 0 Å². The molecular weight excluding hydrogens is 430 g/mol. The molecule has 0 aliphatic heterocycles. The molecule has 0 radical (unpaired) electrons. The van der Waals surface area contributed by atoms with Crippen LogP contribution in [0.3, 0.4) is 0 Å². The summed E-state index contributed by atoms with van der Waals surface area (Å²) in [6, 6.07) is 7.12. The first-order chi connectivity index (χ1) is 11.3. The van der Waals surface area contributed by atoms with Gasteiger partial charge in [-0.15, -0.1) is 0 Å². The summed E-state index contributed by atoms with van der Waals surface area (Å²) in [6.45, 7) is -1.29. The molecular formula is C13H10BrClF2N3O3P. The van der Waals surface area contributed by atoms with Gasteiger partial charge in [-0.1, -0.05) is 17.7 Å². The van der Waals surface area contributed by atoms with E-state index in [-0.39, 0.29) is 22.4 Å². The quantitative estimate of drug-likeness (QED) is 0.303. The van der Waals surface area contributed by atoms with E-state index in [4.69, 9.17) is 11.6 Å². The second-order valence-electron chi connectivity index (χ2n) is 4.39. The number of rotatable bonds is 6. The van der Waals surface area contributed by atoms with E-state index < -0.39 is 19.6 Å². The van der Waals surface area contributed by atoms with E-state index in [9.17, 15) is 18.9 Å². The van der Waals surface area contributed by atoms with E-state index in [0.29, 0.717) is 9.78 Å². The molecule has 1 aromatic heterocycles. The van der Waals surface area contributed by atoms with Gasteiger partial charge in [0.2, 0.25) is 5.82 Å². The minimum Gasteiger partial charge on any atom is -0.434 e. The van der Waals surface area contributed by atoms with Crippen LogP contribution in [0, 0.1) is 10.1 Å². The molecule has 0 saturated heterocycles. The maximum absolute atomic E-state index is 12.6. The predicted octanol–water partition coefficient (Wildman–Crippen LogP) is 4.77. The van der Waals surface area contributed by atoms with Gasteiger partial charge in [-0.3, -0.25) is 10.1 Å². The highest BCUT2D eigenvalue weighted by Crippen LogP contribution is 2.40. The smallest absolute Gasteiger partial charge is 0.387 e. The number of hydrogen-bond donors (Lipinski definition) is 1. The van der Waals surface area contributed by atoms with Crippen LogP contribution in [-0.4, -0.2) is 23.2 Å². The molecule has 0 aliphatic carbocycles. The van der Waals surface area contributed by atoms with Crippen molar-refractivity contribution in [2.24, 2.45) is 0 Å². The molecule has 11 heteroatoms. The Hall–Kier alpha value is -1.57. The molecule has 24 heavy (non-hydrogen) atoms. The van der Waals surface area contributed by atoms with Gasteiger partial charge in [-0.25, -0.2) is 4.98 Å². The molecule has 0 amide bonds. The van der Waals surface area contributed by atoms with Crippen LogP contribution in [0.25, 0.3) is 0 Å². The Morgan fingerprint density at radius 3 is 2.75 bits per heavy atom. The van der Waals surface area contributed by atoms with Gasteiger partial charge >= 0.3 is 12.3 Å². The van der Waals surface area contributed by atoms with Crippen LogP contribution in [0.4, 0.5) is 20.3 Å². The number of nitrogens with zero attached hydrogens (tertiary/aromatic N) is 2. The molecule has 0 bridgehead atoms. The first kappa shape index (κ1) is 18.8. The monoisotopic (exact) mass is 439 g/mol. The van der Waals surface area contributed by atoms with E-state index in [1.165, 1.54) is 18.2 Å². The number of benzene rings is 1. The fourth-order valence-corrected chi connectivity index (χ4v) is 4.62. The molecule has 1 atom stereocenters. The number of hydrogen-bond acceptors (Lipinski definition) is 5. The molecule has 0 fully saturated rings. The molecule has 1 aromatic carbocycles. The van der Waals surface area contributed by atoms with Gasteiger partial charge < -0.3 is 9.82 Å². The fourth-order valence-electron chi connectivity index (χ4n) is 1.88. The normalized spacial score (nSPS) is 12.1. The second-order valence-corrected chi connectivity index (χ2v) is 7.43. The van der Waals surface area contributed by atoms with Gasteiger partial charge in [0.15, 0.2) is 0 Å². The molecule has 6 nitrogen and oxygen atoms in total. The SMILES string of the molecule is CP(Nc1nc(Cl)ccc1[N+](=O)[O-])c1c(Br)cccc1OC(F)F. The summed E-state index contributed by atoms with van der Waals surface area (Å²) in [5, 5.41) is 14.5. The first-order valence-corrected chi connectivity index (χ1v) is 9.30. The van der Waals surface area contributed by atoms with E-state index in [1.54, 1.807) is 18.8 Å². The zero-order chi connectivity index (χ0) is 17.9. The summed E-state index contributed by atoms with van der Waals surface area (Å²) >= 11 is 9.07. The summed E-state index contributed by atoms with van der Waals surface area (Å²) in [5.74, 6) is -0.0648. The zero-order valence-electron chi connectivity index (χ0n) is 12.0. The molecule has 1 N–H and O–H groups in total. The molecule has 0 saturated carbocycles. The van der Waals surface area contributed by atoms with Crippen LogP contribution in [0.2, 0.25) is 5.15 Å². The van der Waals surface area contributed by atoms with Crippen molar-refractivity contribution in [3.05, 3.63) is 50.1 Å². The number of nitro groups is 1. The van der Waals surface area contributed by atoms with Gasteiger partial charge in [-0.2, -0.15) is 8.78 Å². The first-order valence-electron chi connectivity index (χ1n) is 6.34. The number of pyridine rings is 1. The van der Waals surface area contributed by atoms with E-state index in [2.05, 4.69) is 30.7 Å². The highest BCUT2D eigenvalue weighted by Gasteiger charge is 2.22. The molecule has 2 rings (SSSR count). The number of ether oxygens (including phenoxy) is 1. The predicted molar refractivity (Wildman–Crippen MR) is 92.8 cm³/mol. The second kappa shape index (κ2) is 8.00. The minimum atomic E-state index is -2.99. The lowest BCUT2D eigenvalue weighted by Gasteiger charge is -2.19. The third-order valence-electron chi connectivity index (χ3n) is 2.81. The highest BCUT2D eigenvalue weighted by molar-refractivity contribution is 9.10. The third kappa shape index (κ3) is 4.49. The lowest BCUT2D eigenvalue weighted by Crippen LogP contribution is -2.16. The molecule has 1 unspecified atom stereocenters. The van der Waals surface area contributed by atoms with Crippen LogP contribution < -0.4 is 15.1 Å². The lowest BCUT2D eigenvalue weighted by molar-refractivity contribution is -0.384. The average Bonchev–Trinajstić information content (AvgIpc) is 2.46. The van der Waals surface area contributed by atoms with Crippen LogP contribution >= 0.6 is 35.6 Å². The van der Waals surface area contributed by atoms with Crippen LogP contribution in [0.1, 0.15) is 0 Å². The molecule has 1 heterocycles. The van der Waals surface area contributed by atoms with Crippen molar-refractivity contribution in [3.8, 4) is 5.75 Å². The van der Waals surface area contributed by atoms with Gasteiger partial charge in [0.1, 0.15) is 10.9 Å². The van der Waals surface area contributed by atoms with E-state index in [0.717, 1.165) is 0 Å². The Kier molecular flexibility index (Phi) is 6.26. The van der Waals surface area contributed by atoms with Crippen LogP contribution in [0.15, 0.2) is 34.8 Å². The Morgan fingerprint density at radius 1 is 1.42 bits per heavy atom.